The molecule has 2 aromatic rings. The van der Waals surface area contributed by atoms with Gasteiger partial charge in [0, 0.05) is 18.8 Å². The summed E-state index contributed by atoms with van der Waals surface area (Å²) in [5.41, 5.74) is 0.935. The first-order valence-corrected chi connectivity index (χ1v) is 6.60. The third kappa shape index (κ3) is 3.01. The first kappa shape index (κ1) is 12.8. The van der Waals surface area contributed by atoms with Gasteiger partial charge in [-0.1, -0.05) is 17.3 Å². The summed E-state index contributed by atoms with van der Waals surface area (Å²) in [6.45, 7) is 0.705. The molecule has 1 aliphatic rings. The lowest BCUT2D eigenvalue weighted by molar-refractivity contribution is -0.133. The molecular weight excluding hydrogens is 259 g/mol. The normalized spacial score (nSPS) is 14.2. The van der Waals surface area contributed by atoms with Gasteiger partial charge in [0.05, 0.1) is 6.20 Å². The molecule has 0 aliphatic heterocycles. The Morgan fingerprint density at radius 2 is 2.10 bits per heavy atom. The standard InChI is InChI=1S/C14H15FN4O/c15-12-3-1-11(2-4-12)9-19(13-5-6-13)14(20)10-18-8-7-16-17-18/h1-4,7-8,13H,5-6,9-10H2. The fraction of sp³-hybridized carbons (Fsp3) is 0.357. The summed E-state index contributed by atoms with van der Waals surface area (Å²) in [6, 6.07) is 6.57. The van der Waals surface area contributed by atoms with Crippen LogP contribution in [0.3, 0.4) is 0 Å². The number of aromatic nitrogens is 3. The zero-order valence-corrected chi connectivity index (χ0v) is 10.9. The first-order valence-electron chi connectivity index (χ1n) is 6.60. The number of carbonyl (C=O) groups excluding carboxylic acids is 1. The van der Waals surface area contributed by atoms with Crippen molar-refractivity contribution in [3.63, 3.8) is 0 Å². The second-order valence-electron chi connectivity index (χ2n) is 4.98. The molecule has 1 aliphatic carbocycles. The van der Waals surface area contributed by atoms with Crippen molar-refractivity contribution in [3.8, 4) is 0 Å². The van der Waals surface area contributed by atoms with E-state index in [1.54, 1.807) is 24.5 Å². The molecule has 1 amide bonds. The van der Waals surface area contributed by atoms with Gasteiger partial charge in [-0.15, -0.1) is 5.10 Å². The van der Waals surface area contributed by atoms with Crippen LogP contribution in [0.2, 0.25) is 0 Å². The van der Waals surface area contributed by atoms with E-state index >= 15 is 0 Å². The Morgan fingerprint density at radius 3 is 2.70 bits per heavy atom. The molecule has 1 fully saturated rings. The van der Waals surface area contributed by atoms with Gasteiger partial charge in [-0.3, -0.25) is 4.79 Å². The van der Waals surface area contributed by atoms with Gasteiger partial charge in [-0.05, 0) is 30.5 Å². The van der Waals surface area contributed by atoms with Gasteiger partial charge >= 0.3 is 0 Å². The highest BCUT2D eigenvalue weighted by Crippen LogP contribution is 2.28. The Kier molecular flexibility index (Phi) is 3.45. The van der Waals surface area contributed by atoms with Crippen molar-refractivity contribution in [2.75, 3.05) is 0 Å². The van der Waals surface area contributed by atoms with Crippen LogP contribution in [-0.2, 0) is 17.9 Å². The molecule has 20 heavy (non-hydrogen) atoms. The number of halogens is 1. The smallest absolute Gasteiger partial charge is 0.244 e. The molecule has 0 atom stereocenters. The molecule has 1 aromatic carbocycles. The predicted molar refractivity (Wildman–Crippen MR) is 70.0 cm³/mol. The zero-order valence-electron chi connectivity index (χ0n) is 10.9. The highest BCUT2D eigenvalue weighted by atomic mass is 19.1. The molecule has 5 nitrogen and oxygen atoms in total. The van der Waals surface area contributed by atoms with Crippen LogP contribution >= 0.6 is 0 Å². The van der Waals surface area contributed by atoms with Gasteiger partial charge in [0.2, 0.25) is 5.91 Å². The van der Waals surface area contributed by atoms with Gasteiger partial charge in [-0.25, -0.2) is 9.07 Å². The van der Waals surface area contributed by atoms with Gasteiger partial charge in [0.25, 0.3) is 0 Å². The molecule has 3 rings (SSSR count). The van der Waals surface area contributed by atoms with E-state index in [9.17, 15) is 9.18 Å². The largest absolute Gasteiger partial charge is 0.334 e. The van der Waals surface area contributed by atoms with Crippen molar-refractivity contribution >= 4 is 5.91 Å². The molecule has 0 saturated heterocycles. The fourth-order valence-corrected chi connectivity index (χ4v) is 2.14. The summed E-state index contributed by atoms with van der Waals surface area (Å²) >= 11 is 0. The Balaban J connectivity index is 1.69. The molecule has 0 unspecified atom stereocenters. The average molecular weight is 274 g/mol. The van der Waals surface area contributed by atoms with Crippen LogP contribution in [0.5, 0.6) is 0 Å². The Morgan fingerprint density at radius 1 is 1.35 bits per heavy atom. The second kappa shape index (κ2) is 5.40. The summed E-state index contributed by atoms with van der Waals surface area (Å²) in [4.78, 5) is 14.2. The lowest BCUT2D eigenvalue weighted by atomic mass is 10.2. The number of hydrogen-bond donors (Lipinski definition) is 0. The Labute approximate surface area is 116 Å². The molecule has 0 N–H and O–H groups in total. The highest BCUT2D eigenvalue weighted by Gasteiger charge is 2.32. The second-order valence-corrected chi connectivity index (χ2v) is 4.98. The molecule has 0 spiro atoms. The van der Waals surface area contributed by atoms with E-state index < -0.39 is 0 Å². The fourth-order valence-electron chi connectivity index (χ4n) is 2.14. The van der Waals surface area contributed by atoms with Crippen LogP contribution in [0.1, 0.15) is 18.4 Å². The molecular formula is C14H15FN4O. The molecule has 1 saturated carbocycles. The molecule has 104 valence electrons. The minimum Gasteiger partial charge on any atom is -0.334 e. The monoisotopic (exact) mass is 274 g/mol. The minimum absolute atomic E-state index is 0.0160. The maximum Gasteiger partial charge on any atom is 0.244 e. The lowest BCUT2D eigenvalue weighted by Gasteiger charge is -2.22. The number of amides is 1. The van der Waals surface area contributed by atoms with Crippen LogP contribution in [0.15, 0.2) is 36.7 Å². The van der Waals surface area contributed by atoms with Crippen LogP contribution < -0.4 is 0 Å². The summed E-state index contributed by atoms with van der Waals surface area (Å²) < 4.78 is 14.4. The summed E-state index contributed by atoms with van der Waals surface area (Å²) in [5, 5.41) is 7.50. The average Bonchev–Trinajstić information content (AvgIpc) is 3.15. The molecule has 1 aromatic heterocycles. The van der Waals surface area contributed by atoms with E-state index in [4.69, 9.17) is 0 Å². The van der Waals surface area contributed by atoms with E-state index in [2.05, 4.69) is 10.3 Å². The number of rotatable bonds is 5. The summed E-state index contributed by atoms with van der Waals surface area (Å²) in [5.74, 6) is -0.247. The van der Waals surface area contributed by atoms with E-state index in [1.807, 2.05) is 4.90 Å². The van der Waals surface area contributed by atoms with Crippen molar-refractivity contribution < 1.29 is 9.18 Å². The van der Waals surface area contributed by atoms with Gasteiger partial charge in [0.15, 0.2) is 0 Å². The maximum atomic E-state index is 12.9. The van der Waals surface area contributed by atoms with E-state index in [0.29, 0.717) is 12.6 Å². The third-order valence-corrected chi connectivity index (χ3v) is 3.34. The Hall–Kier alpha value is -2.24. The minimum atomic E-state index is -0.263. The number of nitrogens with zero attached hydrogens (tertiary/aromatic N) is 4. The quantitative estimate of drug-likeness (QED) is 0.832. The number of carbonyl (C=O) groups is 1. The molecule has 1 heterocycles. The first-order chi connectivity index (χ1) is 9.72. The van der Waals surface area contributed by atoms with Crippen LogP contribution in [-0.4, -0.2) is 31.8 Å². The molecule has 6 heteroatoms. The number of hydrogen-bond acceptors (Lipinski definition) is 3. The van der Waals surface area contributed by atoms with Crippen molar-refractivity contribution in [3.05, 3.63) is 48.0 Å². The molecule has 0 radical (unpaired) electrons. The summed E-state index contributed by atoms with van der Waals surface area (Å²) in [7, 11) is 0. The van der Waals surface area contributed by atoms with Crippen molar-refractivity contribution in [2.45, 2.75) is 32.0 Å². The zero-order chi connectivity index (χ0) is 13.9. The molecule has 0 bridgehead atoms. The number of benzene rings is 1. The Bertz CT molecular complexity index is 578. The van der Waals surface area contributed by atoms with Crippen molar-refractivity contribution in [1.29, 1.82) is 0 Å². The van der Waals surface area contributed by atoms with E-state index in [1.165, 1.54) is 16.8 Å². The van der Waals surface area contributed by atoms with Gasteiger partial charge in [-0.2, -0.15) is 0 Å². The van der Waals surface area contributed by atoms with Gasteiger partial charge in [0.1, 0.15) is 12.4 Å². The maximum absolute atomic E-state index is 12.9. The highest BCUT2D eigenvalue weighted by molar-refractivity contribution is 5.76. The van der Waals surface area contributed by atoms with Crippen molar-refractivity contribution in [2.24, 2.45) is 0 Å². The van der Waals surface area contributed by atoms with E-state index in [0.717, 1.165) is 18.4 Å². The van der Waals surface area contributed by atoms with Crippen LogP contribution in [0, 0.1) is 5.82 Å². The van der Waals surface area contributed by atoms with Gasteiger partial charge < -0.3 is 4.90 Å². The lowest BCUT2D eigenvalue weighted by Crippen LogP contribution is -2.35. The van der Waals surface area contributed by atoms with Crippen molar-refractivity contribution in [1.82, 2.24) is 19.9 Å². The predicted octanol–water partition coefficient (Wildman–Crippen LogP) is 1.61. The summed E-state index contributed by atoms with van der Waals surface area (Å²) in [6.07, 6.45) is 5.28. The van der Waals surface area contributed by atoms with Crippen LogP contribution in [0.4, 0.5) is 4.39 Å². The SMILES string of the molecule is O=C(Cn1ccnn1)N(Cc1ccc(F)cc1)C1CC1. The third-order valence-electron chi connectivity index (χ3n) is 3.34. The van der Waals surface area contributed by atoms with Crippen LogP contribution in [0.25, 0.3) is 0 Å². The topological polar surface area (TPSA) is 51.0 Å². The van der Waals surface area contributed by atoms with E-state index in [-0.39, 0.29) is 18.3 Å².